The minimum Gasteiger partial charge on any atom is -0.308 e. The van der Waals surface area contributed by atoms with Crippen LogP contribution in [0.25, 0.3) is 82.5 Å². The molecule has 0 aliphatic heterocycles. The Bertz CT molecular complexity index is 3050. The Morgan fingerprint density at radius 2 is 0.918 bits per heavy atom. The van der Waals surface area contributed by atoms with Gasteiger partial charge in [-0.2, -0.15) is 10.5 Å². The van der Waals surface area contributed by atoms with Crippen molar-refractivity contribution in [1.29, 1.82) is 10.5 Å². The Labute approximate surface area is 280 Å². The summed E-state index contributed by atoms with van der Waals surface area (Å²) < 4.78 is 6.84. The van der Waals surface area contributed by atoms with Gasteiger partial charge in [-0.15, -0.1) is 0 Å². The van der Waals surface area contributed by atoms with E-state index in [-0.39, 0.29) is 0 Å². The van der Waals surface area contributed by atoms with Crippen molar-refractivity contribution in [3.63, 3.8) is 0 Å². The van der Waals surface area contributed by atoms with E-state index in [1.807, 2.05) is 48.5 Å². The van der Waals surface area contributed by atoms with Crippen LogP contribution in [-0.4, -0.2) is 13.7 Å². The van der Waals surface area contributed by atoms with Gasteiger partial charge in [-0.1, -0.05) is 91.0 Å². The fraction of sp³-hybridized carbons (Fsp3) is 0. The lowest BCUT2D eigenvalue weighted by molar-refractivity contribution is 1.16. The highest BCUT2D eigenvalue weighted by atomic mass is 15.0. The summed E-state index contributed by atoms with van der Waals surface area (Å²) in [7, 11) is 0. The van der Waals surface area contributed by atoms with Crippen molar-refractivity contribution in [2.45, 2.75) is 0 Å². The van der Waals surface area contributed by atoms with Crippen molar-refractivity contribution in [2.75, 3.05) is 0 Å². The average molecular weight is 624 g/mol. The van der Waals surface area contributed by atoms with Crippen LogP contribution < -0.4 is 0 Å². The topological polar surface area (TPSA) is 62.4 Å². The number of rotatable bonds is 3. The Balaban J connectivity index is 1.51. The normalized spacial score (nSPS) is 11.6. The van der Waals surface area contributed by atoms with Crippen LogP contribution in [0, 0.1) is 22.7 Å². The van der Waals surface area contributed by atoms with Crippen LogP contribution in [0.5, 0.6) is 0 Å². The van der Waals surface area contributed by atoms with Crippen LogP contribution in [0.15, 0.2) is 152 Å². The molecule has 7 aromatic carbocycles. The number of aromatic nitrogens is 3. The fourth-order valence-corrected chi connectivity index (χ4v) is 7.98. The number of nitrogens with zero attached hydrogens (tertiary/aromatic N) is 5. The van der Waals surface area contributed by atoms with E-state index in [4.69, 9.17) is 0 Å². The smallest absolute Gasteiger partial charge is 0.101 e. The van der Waals surface area contributed by atoms with E-state index >= 15 is 0 Å². The van der Waals surface area contributed by atoms with Gasteiger partial charge in [-0.05, 0) is 60.7 Å². The summed E-state index contributed by atoms with van der Waals surface area (Å²) in [4.78, 5) is 0. The van der Waals surface area contributed by atoms with Gasteiger partial charge in [0.1, 0.15) is 12.1 Å². The first-order valence-electron chi connectivity index (χ1n) is 16.3. The third-order valence-corrected chi connectivity index (χ3v) is 9.87. The third-order valence-electron chi connectivity index (χ3n) is 9.87. The Hall–Kier alpha value is -7.08. The second-order valence-corrected chi connectivity index (χ2v) is 12.4. The highest BCUT2D eigenvalue weighted by Gasteiger charge is 2.26. The van der Waals surface area contributed by atoms with Gasteiger partial charge in [0.2, 0.25) is 0 Å². The molecular formula is C44H25N5. The van der Waals surface area contributed by atoms with Crippen LogP contribution >= 0.6 is 0 Å². The molecule has 0 bridgehead atoms. The Morgan fingerprint density at radius 1 is 0.367 bits per heavy atom. The molecule has 0 unspecified atom stereocenters. The van der Waals surface area contributed by atoms with Crippen molar-refractivity contribution in [3.8, 4) is 29.2 Å². The van der Waals surface area contributed by atoms with Crippen LogP contribution in [0.1, 0.15) is 11.1 Å². The van der Waals surface area contributed by atoms with E-state index < -0.39 is 0 Å². The maximum atomic E-state index is 10.8. The molecule has 0 N–H and O–H groups in total. The summed E-state index contributed by atoms with van der Waals surface area (Å²) >= 11 is 0. The van der Waals surface area contributed by atoms with Gasteiger partial charge in [0, 0.05) is 43.7 Å². The van der Waals surface area contributed by atoms with Crippen LogP contribution in [-0.2, 0) is 0 Å². The lowest BCUT2D eigenvalue weighted by atomic mass is 10.0. The predicted octanol–water partition coefficient (Wildman–Crippen LogP) is 10.7. The molecule has 0 saturated carbocycles. The fourth-order valence-electron chi connectivity index (χ4n) is 7.98. The zero-order chi connectivity index (χ0) is 32.6. The molecule has 0 aliphatic carbocycles. The third kappa shape index (κ3) is 3.62. The van der Waals surface area contributed by atoms with Crippen molar-refractivity contribution in [2.24, 2.45) is 0 Å². The van der Waals surface area contributed by atoms with Gasteiger partial charge in [-0.25, -0.2) is 0 Å². The number of nitriles is 2. The SMILES string of the molecule is N#Cc1ccccc1-n1c2ccccc2c2c1ccc1c3cc(C#N)c4c(c5ccccc5n4-c4ccccc4)c3n(-c3ccccc3)c12. The van der Waals surface area contributed by atoms with E-state index in [1.54, 1.807) is 0 Å². The van der Waals surface area contributed by atoms with Crippen LogP contribution in [0.2, 0.25) is 0 Å². The number of hydrogen-bond donors (Lipinski definition) is 0. The first kappa shape index (κ1) is 27.1. The average Bonchev–Trinajstić information content (AvgIpc) is 3.81. The molecule has 0 saturated heterocycles. The summed E-state index contributed by atoms with van der Waals surface area (Å²) in [6.45, 7) is 0. The second-order valence-electron chi connectivity index (χ2n) is 12.4. The maximum Gasteiger partial charge on any atom is 0.101 e. The molecule has 0 atom stereocenters. The summed E-state index contributed by atoms with van der Waals surface area (Å²) in [5.74, 6) is 0. The molecule has 226 valence electrons. The molecule has 49 heavy (non-hydrogen) atoms. The molecule has 0 radical (unpaired) electrons. The zero-order valence-corrected chi connectivity index (χ0v) is 26.2. The molecule has 0 amide bonds. The van der Waals surface area contributed by atoms with Crippen molar-refractivity contribution < 1.29 is 0 Å². The van der Waals surface area contributed by atoms with Crippen LogP contribution in [0.4, 0.5) is 0 Å². The van der Waals surface area contributed by atoms with Gasteiger partial charge in [0.15, 0.2) is 0 Å². The molecule has 10 aromatic rings. The molecule has 5 nitrogen and oxygen atoms in total. The summed E-state index contributed by atoms with van der Waals surface area (Å²) in [5, 5.41) is 27.3. The first-order chi connectivity index (χ1) is 24.3. The standard InChI is InChI=1S/C44H25N5/c45-26-28-13-7-10-20-36(28)49-38-22-12-8-18-33(38)40-39(49)24-23-32-35-25-29(27-46)42-41(44(35)48(43(32)40)31-16-5-2-6-17-31)34-19-9-11-21-37(34)47(42)30-14-3-1-4-15-30/h1-25H. The van der Waals surface area contributed by atoms with E-state index in [2.05, 4.69) is 129 Å². The lowest BCUT2D eigenvalue weighted by Crippen LogP contribution is -1.98. The van der Waals surface area contributed by atoms with Gasteiger partial charge in [0.05, 0.1) is 49.9 Å². The lowest BCUT2D eigenvalue weighted by Gasteiger charge is -2.12. The molecule has 3 aromatic heterocycles. The minimum atomic E-state index is 0.614. The molecule has 0 fully saturated rings. The van der Waals surface area contributed by atoms with Gasteiger partial charge in [0.25, 0.3) is 0 Å². The summed E-state index contributed by atoms with van der Waals surface area (Å²) in [6, 6.07) is 56.9. The highest BCUT2D eigenvalue weighted by Crippen LogP contribution is 2.47. The Kier molecular flexibility index (Phi) is 5.64. The van der Waals surface area contributed by atoms with Gasteiger partial charge in [-0.3, -0.25) is 0 Å². The van der Waals surface area contributed by atoms with Gasteiger partial charge >= 0.3 is 0 Å². The number of fused-ring (bicyclic) bond motifs is 11. The molecule has 10 rings (SSSR count). The molecule has 5 heteroatoms. The van der Waals surface area contributed by atoms with Crippen molar-refractivity contribution >= 4 is 65.4 Å². The summed E-state index contributed by atoms with van der Waals surface area (Å²) in [6.07, 6.45) is 0. The number of benzene rings is 7. The molecule has 3 heterocycles. The largest absolute Gasteiger partial charge is 0.308 e. The molecular weight excluding hydrogens is 599 g/mol. The van der Waals surface area contributed by atoms with E-state index in [0.29, 0.717) is 11.1 Å². The van der Waals surface area contributed by atoms with E-state index in [0.717, 1.165) is 82.5 Å². The van der Waals surface area contributed by atoms with Gasteiger partial charge < -0.3 is 13.7 Å². The number of para-hydroxylation sites is 5. The quantitative estimate of drug-likeness (QED) is 0.197. The minimum absolute atomic E-state index is 0.614. The Morgan fingerprint density at radius 3 is 1.61 bits per heavy atom. The molecule has 0 aliphatic rings. The highest BCUT2D eigenvalue weighted by molar-refractivity contribution is 6.32. The number of hydrogen-bond acceptors (Lipinski definition) is 2. The van der Waals surface area contributed by atoms with Crippen LogP contribution in [0.3, 0.4) is 0 Å². The van der Waals surface area contributed by atoms with Crippen molar-refractivity contribution in [1.82, 2.24) is 13.7 Å². The molecule has 0 spiro atoms. The predicted molar refractivity (Wildman–Crippen MR) is 199 cm³/mol. The zero-order valence-electron chi connectivity index (χ0n) is 26.2. The summed E-state index contributed by atoms with van der Waals surface area (Å²) in [5.41, 5.74) is 10.2. The van der Waals surface area contributed by atoms with E-state index in [9.17, 15) is 10.5 Å². The van der Waals surface area contributed by atoms with E-state index in [1.165, 1.54) is 0 Å². The van der Waals surface area contributed by atoms with Crippen molar-refractivity contribution in [3.05, 3.63) is 163 Å². The monoisotopic (exact) mass is 623 g/mol. The first-order valence-corrected chi connectivity index (χ1v) is 16.3. The maximum absolute atomic E-state index is 10.8. The second kappa shape index (κ2) is 10.2.